The van der Waals surface area contributed by atoms with E-state index in [0.717, 1.165) is 11.1 Å². The third-order valence-electron chi connectivity index (χ3n) is 6.41. The summed E-state index contributed by atoms with van der Waals surface area (Å²) in [6, 6.07) is 8.95. The van der Waals surface area contributed by atoms with Crippen LogP contribution in [-0.4, -0.2) is 45.3 Å². The normalized spacial score (nSPS) is 21.2. The summed E-state index contributed by atoms with van der Waals surface area (Å²) in [6.07, 6.45) is 2.12. The standard InChI is InChI=1S/C27H30O8/c1-15-6-7-16(2)20(10-15)35-24-14-33-21-13-18(8-9-19(21)25(24)28)34-27(29)17-11-22(30-3)26(32-5)23(12-17)31-4/h6-7,10-12,14,18-19,21H,8-9,13H2,1-5H3. The predicted octanol–water partition coefficient (Wildman–Crippen LogP) is 4.54. The first-order valence-corrected chi connectivity index (χ1v) is 11.5. The Kier molecular flexibility index (Phi) is 7.19. The first kappa shape index (κ1) is 24.4. The monoisotopic (exact) mass is 482 g/mol. The second-order valence-electron chi connectivity index (χ2n) is 8.75. The number of rotatable bonds is 7. The summed E-state index contributed by atoms with van der Waals surface area (Å²) in [7, 11) is 4.46. The minimum Gasteiger partial charge on any atom is -0.493 e. The number of allylic oxidation sites excluding steroid dienone is 1. The number of fused-ring (bicyclic) bond motifs is 1. The molecule has 8 heteroatoms. The maximum absolute atomic E-state index is 13.1. The van der Waals surface area contributed by atoms with Gasteiger partial charge in [-0.25, -0.2) is 4.79 Å². The quantitative estimate of drug-likeness (QED) is 0.532. The van der Waals surface area contributed by atoms with Crippen LogP contribution in [0.5, 0.6) is 23.0 Å². The van der Waals surface area contributed by atoms with Crippen LogP contribution in [0.3, 0.4) is 0 Å². The Morgan fingerprint density at radius 3 is 2.31 bits per heavy atom. The van der Waals surface area contributed by atoms with Gasteiger partial charge in [-0.2, -0.15) is 0 Å². The van der Waals surface area contributed by atoms with E-state index in [1.54, 1.807) is 12.1 Å². The number of methoxy groups -OCH3 is 3. The van der Waals surface area contributed by atoms with Crippen LogP contribution in [0.25, 0.3) is 0 Å². The molecule has 8 nitrogen and oxygen atoms in total. The molecule has 0 bridgehead atoms. The molecule has 0 saturated heterocycles. The highest BCUT2D eigenvalue weighted by atomic mass is 16.6. The molecule has 186 valence electrons. The molecule has 0 aromatic heterocycles. The van der Waals surface area contributed by atoms with Gasteiger partial charge in [0.15, 0.2) is 11.5 Å². The van der Waals surface area contributed by atoms with Crippen molar-refractivity contribution in [3.05, 3.63) is 59.0 Å². The van der Waals surface area contributed by atoms with Crippen molar-refractivity contribution in [1.82, 2.24) is 0 Å². The lowest BCUT2D eigenvalue weighted by Crippen LogP contribution is -2.43. The van der Waals surface area contributed by atoms with Gasteiger partial charge in [-0.15, -0.1) is 0 Å². The number of esters is 1. The van der Waals surface area contributed by atoms with E-state index in [4.69, 9.17) is 28.4 Å². The van der Waals surface area contributed by atoms with Gasteiger partial charge < -0.3 is 28.4 Å². The number of benzene rings is 2. The molecule has 1 saturated carbocycles. The highest BCUT2D eigenvalue weighted by Gasteiger charge is 2.42. The number of Topliss-reactive ketones (excluding diaryl/α,β-unsaturated/α-hetero) is 1. The van der Waals surface area contributed by atoms with Crippen molar-refractivity contribution in [3.8, 4) is 23.0 Å². The minimum absolute atomic E-state index is 0.0865. The number of ketones is 1. The summed E-state index contributed by atoms with van der Waals surface area (Å²) in [4.78, 5) is 26.0. The molecule has 1 aliphatic heterocycles. The van der Waals surface area contributed by atoms with Crippen LogP contribution in [0.1, 0.15) is 40.7 Å². The van der Waals surface area contributed by atoms with Crippen molar-refractivity contribution in [3.63, 3.8) is 0 Å². The third kappa shape index (κ3) is 5.06. The maximum atomic E-state index is 13.1. The van der Waals surface area contributed by atoms with E-state index in [0.29, 0.717) is 42.3 Å². The molecular formula is C27H30O8. The molecule has 4 rings (SSSR count). The zero-order valence-corrected chi connectivity index (χ0v) is 20.6. The van der Waals surface area contributed by atoms with Gasteiger partial charge in [0.1, 0.15) is 24.2 Å². The molecule has 3 unspecified atom stereocenters. The number of carbonyl (C=O) groups is 2. The van der Waals surface area contributed by atoms with Crippen LogP contribution in [0.4, 0.5) is 0 Å². The molecule has 1 aliphatic carbocycles. The Hall–Kier alpha value is -3.68. The fourth-order valence-electron chi connectivity index (χ4n) is 4.47. The van der Waals surface area contributed by atoms with Gasteiger partial charge in [0.05, 0.1) is 32.8 Å². The van der Waals surface area contributed by atoms with Crippen molar-refractivity contribution in [2.75, 3.05) is 21.3 Å². The van der Waals surface area contributed by atoms with Gasteiger partial charge in [0.2, 0.25) is 17.3 Å². The Morgan fingerprint density at radius 1 is 0.943 bits per heavy atom. The Labute approximate surface area is 204 Å². The van der Waals surface area contributed by atoms with E-state index in [1.807, 2.05) is 32.0 Å². The summed E-state index contributed by atoms with van der Waals surface area (Å²) >= 11 is 0. The average molecular weight is 483 g/mol. The highest BCUT2D eigenvalue weighted by molar-refractivity contribution is 5.96. The Bertz CT molecular complexity index is 1130. The number of hydrogen-bond acceptors (Lipinski definition) is 8. The van der Waals surface area contributed by atoms with Gasteiger partial charge in [-0.05, 0) is 56.0 Å². The van der Waals surface area contributed by atoms with Gasteiger partial charge in [0, 0.05) is 6.42 Å². The second-order valence-corrected chi connectivity index (χ2v) is 8.75. The van der Waals surface area contributed by atoms with Crippen molar-refractivity contribution < 1.29 is 38.0 Å². The van der Waals surface area contributed by atoms with Crippen LogP contribution in [0.15, 0.2) is 42.4 Å². The van der Waals surface area contributed by atoms with Crippen LogP contribution in [-0.2, 0) is 14.3 Å². The molecule has 0 radical (unpaired) electrons. The molecule has 0 spiro atoms. The van der Waals surface area contributed by atoms with Gasteiger partial charge in [-0.3, -0.25) is 4.79 Å². The molecule has 3 atom stereocenters. The number of aryl methyl sites for hydroxylation is 2. The fraction of sp³-hybridized carbons (Fsp3) is 0.407. The summed E-state index contributed by atoms with van der Waals surface area (Å²) in [5, 5.41) is 0. The third-order valence-corrected chi connectivity index (χ3v) is 6.41. The SMILES string of the molecule is COc1cc(C(=O)OC2CCC3C(=O)C(Oc4cc(C)ccc4C)=COC3C2)cc(OC)c1OC. The highest BCUT2D eigenvalue weighted by Crippen LogP contribution is 2.39. The van der Waals surface area contributed by atoms with Crippen molar-refractivity contribution in [2.45, 2.75) is 45.3 Å². The summed E-state index contributed by atoms with van der Waals surface area (Å²) in [6.45, 7) is 3.90. The first-order chi connectivity index (χ1) is 16.8. The molecule has 35 heavy (non-hydrogen) atoms. The molecular weight excluding hydrogens is 452 g/mol. The van der Waals surface area contributed by atoms with Crippen molar-refractivity contribution in [1.29, 1.82) is 0 Å². The topological polar surface area (TPSA) is 89.5 Å². The fourth-order valence-corrected chi connectivity index (χ4v) is 4.47. The van der Waals surface area contributed by atoms with E-state index >= 15 is 0 Å². The minimum atomic E-state index is -0.510. The van der Waals surface area contributed by atoms with Crippen LogP contribution >= 0.6 is 0 Å². The number of carbonyl (C=O) groups excluding carboxylic acids is 2. The Morgan fingerprint density at radius 2 is 1.66 bits per heavy atom. The molecule has 2 aromatic rings. The largest absolute Gasteiger partial charge is 0.493 e. The second kappa shape index (κ2) is 10.3. The molecule has 2 aliphatic rings. The summed E-state index contributed by atoms with van der Waals surface area (Å²) in [5.74, 6) is 1.03. The van der Waals surface area contributed by atoms with Gasteiger partial charge in [-0.1, -0.05) is 12.1 Å². The maximum Gasteiger partial charge on any atom is 0.338 e. The van der Waals surface area contributed by atoms with E-state index in [9.17, 15) is 9.59 Å². The smallest absolute Gasteiger partial charge is 0.338 e. The summed E-state index contributed by atoms with van der Waals surface area (Å²) < 4.78 is 33.5. The Balaban J connectivity index is 1.43. The van der Waals surface area contributed by atoms with Crippen LogP contribution in [0, 0.1) is 19.8 Å². The van der Waals surface area contributed by atoms with Crippen molar-refractivity contribution >= 4 is 11.8 Å². The predicted molar refractivity (Wildman–Crippen MR) is 127 cm³/mol. The first-order valence-electron chi connectivity index (χ1n) is 11.5. The van der Waals surface area contributed by atoms with Crippen LogP contribution < -0.4 is 18.9 Å². The molecule has 1 heterocycles. The van der Waals surface area contributed by atoms with Crippen molar-refractivity contribution in [2.24, 2.45) is 5.92 Å². The van der Waals surface area contributed by atoms with E-state index in [2.05, 4.69) is 0 Å². The lowest BCUT2D eigenvalue weighted by Gasteiger charge is -2.36. The molecule has 0 N–H and O–H groups in total. The van der Waals surface area contributed by atoms with Gasteiger partial charge in [0.25, 0.3) is 0 Å². The van der Waals surface area contributed by atoms with E-state index < -0.39 is 5.97 Å². The van der Waals surface area contributed by atoms with E-state index in [1.165, 1.54) is 27.6 Å². The molecule has 2 aromatic carbocycles. The average Bonchev–Trinajstić information content (AvgIpc) is 2.86. The lowest BCUT2D eigenvalue weighted by molar-refractivity contribution is -0.132. The van der Waals surface area contributed by atoms with Crippen LogP contribution in [0.2, 0.25) is 0 Å². The zero-order valence-electron chi connectivity index (χ0n) is 20.6. The molecule has 0 amide bonds. The molecule has 1 fully saturated rings. The number of hydrogen-bond donors (Lipinski definition) is 0. The number of ether oxygens (including phenoxy) is 6. The zero-order chi connectivity index (χ0) is 25.1. The van der Waals surface area contributed by atoms with E-state index in [-0.39, 0.29) is 35.2 Å². The van der Waals surface area contributed by atoms with Gasteiger partial charge >= 0.3 is 5.97 Å². The summed E-state index contributed by atoms with van der Waals surface area (Å²) in [5.41, 5.74) is 2.27. The lowest BCUT2D eigenvalue weighted by atomic mass is 9.80.